The normalized spacial score (nSPS) is 12.3. The number of furan rings is 1. The van der Waals surface area contributed by atoms with Gasteiger partial charge in [-0.3, -0.25) is 9.59 Å². The second kappa shape index (κ2) is 6.30. The van der Waals surface area contributed by atoms with Crippen molar-refractivity contribution in [1.82, 2.24) is 5.32 Å². The number of aryl methyl sites for hydroxylation is 1. The molecule has 0 aliphatic heterocycles. The number of carboxylic acid groups (broad SMARTS) is 1. The van der Waals surface area contributed by atoms with Gasteiger partial charge in [0, 0.05) is 22.0 Å². The van der Waals surface area contributed by atoms with Crippen LogP contribution in [-0.4, -0.2) is 23.5 Å². The average molecular weight is 354 g/mol. The maximum atomic E-state index is 12.1. The van der Waals surface area contributed by atoms with E-state index >= 15 is 0 Å². The third-order valence-electron chi connectivity index (χ3n) is 3.39. The van der Waals surface area contributed by atoms with Gasteiger partial charge in [-0.1, -0.05) is 22.9 Å². The van der Waals surface area contributed by atoms with Crippen LogP contribution in [0.2, 0.25) is 0 Å². The summed E-state index contributed by atoms with van der Waals surface area (Å²) >= 11 is 3.39. The van der Waals surface area contributed by atoms with E-state index in [1.54, 1.807) is 13.0 Å². The molecule has 0 spiro atoms. The van der Waals surface area contributed by atoms with E-state index < -0.39 is 11.9 Å². The van der Waals surface area contributed by atoms with Gasteiger partial charge in [0.25, 0.3) is 5.91 Å². The van der Waals surface area contributed by atoms with Crippen molar-refractivity contribution >= 4 is 38.8 Å². The predicted molar refractivity (Wildman–Crippen MR) is 82.4 cm³/mol. The van der Waals surface area contributed by atoms with Crippen molar-refractivity contribution in [2.24, 2.45) is 5.92 Å². The molecule has 1 heterocycles. The van der Waals surface area contributed by atoms with E-state index in [0.29, 0.717) is 18.5 Å². The summed E-state index contributed by atoms with van der Waals surface area (Å²) in [6, 6.07) is 5.55. The van der Waals surface area contributed by atoms with Crippen LogP contribution in [0.25, 0.3) is 11.0 Å². The maximum absolute atomic E-state index is 12.1. The summed E-state index contributed by atoms with van der Waals surface area (Å²) < 4.78 is 6.49. The Morgan fingerprint density at radius 3 is 2.81 bits per heavy atom. The Labute approximate surface area is 130 Å². The Morgan fingerprint density at radius 1 is 1.43 bits per heavy atom. The first-order valence-corrected chi connectivity index (χ1v) is 7.39. The number of fused-ring (bicyclic) bond motifs is 1. The smallest absolute Gasteiger partial charge is 0.306 e. The maximum Gasteiger partial charge on any atom is 0.306 e. The molecule has 0 saturated carbocycles. The molecular formula is C15H16BrNO4. The number of hydrogen-bond donors (Lipinski definition) is 2. The highest BCUT2D eigenvalue weighted by atomic mass is 79.9. The largest absolute Gasteiger partial charge is 0.481 e. The molecule has 112 valence electrons. The molecular weight excluding hydrogens is 338 g/mol. The highest BCUT2D eigenvalue weighted by Crippen LogP contribution is 2.27. The molecule has 21 heavy (non-hydrogen) atoms. The number of hydrogen-bond acceptors (Lipinski definition) is 3. The topological polar surface area (TPSA) is 79.5 Å². The van der Waals surface area contributed by atoms with Gasteiger partial charge in [0.1, 0.15) is 5.58 Å². The van der Waals surface area contributed by atoms with Gasteiger partial charge < -0.3 is 14.8 Å². The van der Waals surface area contributed by atoms with E-state index in [1.807, 2.05) is 19.1 Å². The first-order chi connectivity index (χ1) is 9.90. The minimum Gasteiger partial charge on any atom is -0.481 e. The van der Waals surface area contributed by atoms with E-state index in [9.17, 15) is 9.59 Å². The first kappa shape index (κ1) is 15.6. The number of rotatable bonds is 5. The molecule has 1 unspecified atom stereocenters. The molecule has 0 aliphatic rings. The summed E-state index contributed by atoms with van der Waals surface area (Å²) in [5.74, 6) is -1.41. The van der Waals surface area contributed by atoms with Crippen molar-refractivity contribution in [3.63, 3.8) is 0 Å². The standard InChI is InChI=1S/C15H16BrNO4/c1-8(15(19)20)5-6-17-14(18)13-9(2)11-7-10(16)3-4-12(11)21-13/h3-4,7-8H,5-6H2,1-2H3,(H,17,18)(H,19,20). The molecule has 1 aromatic carbocycles. The number of benzene rings is 1. The summed E-state index contributed by atoms with van der Waals surface area (Å²) in [7, 11) is 0. The predicted octanol–water partition coefficient (Wildman–Crippen LogP) is 3.34. The number of nitrogens with one attached hydrogen (secondary N) is 1. The molecule has 0 radical (unpaired) electrons. The molecule has 2 aromatic rings. The fourth-order valence-electron chi connectivity index (χ4n) is 2.02. The zero-order chi connectivity index (χ0) is 15.6. The highest BCUT2D eigenvalue weighted by molar-refractivity contribution is 9.10. The van der Waals surface area contributed by atoms with Crippen molar-refractivity contribution in [3.05, 3.63) is 34.0 Å². The summed E-state index contributed by atoms with van der Waals surface area (Å²) in [6.07, 6.45) is 0.381. The number of halogens is 1. The minimum absolute atomic E-state index is 0.270. The van der Waals surface area contributed by atoms with Crippen molar-refractivity contribution in [3.8, 4) is 0 Å². The number of carbonyl (C=O) groups is 2. The van der Waals surface area contributed by atoms with Gasteiger partial charge in [0.05, 0.1) is 5.92 Å². The van der Waals surface area contributed by atoms with Gasteiger partial charge in [-0.15, -0.1) is 0 Å². The molecule has 0 bridgehead atoms. The molecule has 1 aromatic heterocycles. The number of amides is 1. The molecule has 5 nitrogen and oxygen atoms in total. The molecule has 2 N–H and O–H groups in total. The lowest BCUT2D eigenvalue weighted by molar-refractivity contribution is -0.141. The summed E-state index contributed by atoms with van der Waals surface area (Å²) in [6.45, 7) is 3.73. The van der Waals surface area contributed by atoms with Gasteiger partial charge in [0.2, 0.25) is 0 Å². The third-order valence-corrected chi connectivity index (χ3v) is 3.88. The lowest BCUT2D eigenvalue weighted by atomic mass is 10.1. The van der Waals surface area contributed by atoms with Crippen LogP contribution in [0.3, 0.4) is 0 Å². The Kier molecular flexibility index (Phi) is 4.67. The Hall–Kier alpha value is -1.82. The Bertz CT molecular complexity index is 692. The van der Waals surface area contributed by atoms with Crippen LogP contribution >= 0.6 is 15.9 Å². The molecule has 0 fully saturated rings. The molecule has 1 amide bonds. The van der Waals surface area contributed by atoms with Gasteiger partial charge in [-0.2, -0.15) is 0 Å². The van der Waals surface area contributed by atoms with E-state index in [4.69, 9.17) is 9.52 Å². The van der Waals surface area contributed by atoms with E-state index in [2.05, 4.69) is 21.2 Å². The van der Waals surface area contributed by atoms with Crippen LogP contribution in [0.5, 0.6) is 0 Å². The van der Waals surface area contributed by atoms with Crippen LogP contribution in [0.4, 0.5) is 0 Å². The van der Waals surface area contributed by atoms with Gasteiger partial charge in [-0.05, 0) is 31.5 Å². The average Bonchev–Trinajstić information content (AvgIpc) is 2.75. The van der Waals surface area contributed by atoms with Gasteiger partial charge in [0.15, 0.2) is 5.76 Å². The molecule has 6 heteroatoms. The molecule has 0 aliphatic carbocycles. The fraction of sp³-hybridized carbons (Fsp3) is 0.333. The Balaban J connectivity index is 2.09. The Morgan fingerprint density at radius 2 is 2.14 bits per heavy atom. The van der Waals surface area contributed by atoms with Crippen molar-refractivity contribution in [1.29, 1.82) is 0 Å². The summed E-state index contributed by atoms with van der Waals surface area (Å²) in [5.41, 5.74) is 1.43. The number of aliphatic carboxylic acids is 1. The van der Waals surface area contributed by atoms with Crippen LogP contribution in [0, 0.1) is 12.8 Å². The lowest BCUT2D eigenvalue weighted by Crippen LogP contribution is -2.27. The fourth-order valence-corrected chi connectivity index (χ4v) is 2.38. The lowest BCUT2D eigenvalue weighted by Gasteiger charge is -2.06. The SMILES string of the molecule is Cc1c(C(=O)NCCC(C)C(=O)O)oc2ccc(Br)cc12. The third kappa shape index (κ3) is 3.44. The van der Waals surface area contributed by atoms with E-state index in [1.165, 1.54) is 0 Å². The number of carboxylic acids is 1. The second-order valence-corrected chi connectivity index (χ2v) is 5.90. The second-order valence-electron chi connectivity index (χ2n) is 4.98. The van der Waals surface area contributed by atoms with Gasteiger partial charge in [-0.25, -0.2) is 0 Å². The van der Waals surface area contributed by atoms with Crippen LogP contribution < -0.4 is 5.32 Å². The number of carbonyl (C=O) groups excluding carboxylic acids is 1. The van der Waals surface area contributed by atoms with E-state index in [0.717, 1.165) is 15.4 Å². The van der Waals surface area contributed by atoms with Crippen LogP contribution in [0.15, 0.2) is 27.1 Å². The van der Waals surface area contributed by atoms with Crippen LogP contribution in [-0.2, 0) is 4.79 Å². The zero-order valence-corrected chi connectivity index (χ0v) is 13.4. The quantitative estimate of drug-likeness (QED) is 0.863. The van der Waals surface area contributed by atoms with E-state index in [-0.39, 0.29) is 11.7 Å². The summed E-state index contributed by atoms with van der Waals surface area (Å²) in [4.78, 5) is 22.8. The van der Waals surface area contributed by atoms with Crippen molar-refractivity contribution < 1.29 is 19.1 Å². The highest BCUT2D eigenvalue weighted by Gasteiger charge is 2.18. The minimum atomic E-state index is -0.867. The molecule has 0 saturated heterocycles. The first-order valence-electron chi connectivity index (χ1n) is 6.59. The van der Waals surface area contributed by atoms with Gasteiger partial charge >= 0.3 is 5.97 Å². The zero-order valence-electron chi connectivity index (χ0n) is 11.8. The van der Waals surface area contributed by atoms with Crippen molar-refractivity contribution in [2.75, 3.05) is 6.54 Å². The molecule has 1 atom stereocenters. The summed E-state index contributed by atoms with van der Waals surface area (Å²) in [5, 5.41) is 12.4. The molecule has 2 rings (SSSR count). The van der Waals surface area contributed by atoms with Crippen molar-refractivity contribution in [2.45, 2.75) is 20.3 Å². The van der Waals surface area contributed by atoms with Crippen LogP contribution in [0.1, 0.15) is 29.5 Å². The monoisotopic (exact) mass is 353 g/mol.